The molecule has 8 heteroatoms. The van der Waals surface area contributed by atoms with Gasteiger partial charge in [0.15, 0.2) is 0 Å². The predicted octanol–water partition coefficient (Wildman–Crippen LogP) is 5.84. The van der Waals surface area contributed by atoms with Gasteiger partial charge < -0.3 is 10.2 Å². The minimum Gasteiger partial charge on any atom is -0.352 e. The van der Waals surface area contributed by atoms with E-state index in [0.29, 0.717) is 21.4 Å². The molecule has 1 atom stereocenters. The summed E-state index contributed by atoms with van der Waals surface area (Å²) in [4.78, 5) is 27.6. The average molecular weight is 497 g/mol. The van der Waals surface area contributed by atoms with Crippen LogP contribution in [-0.2, 0) is 21.9 Å². The van der Waals surface area contributed by atoms with E-state index in [1.54, 1.807) is 48.2 Å². The largest absolute Gasteiger partial charge is 0.352 e. The molecule has 1 aliphatic carbocycles. The van der Waals surface area contributed by atoms with E-state index in [2.05, 4.69) is 5.32 Å². The second-order valence-electron chi connectivity index (χ2n) is 8.02. The summed E-state index contributed by atoms with van der Waals surface area (Å²) in [5, 5.41) is 3.90. The van der Waals surface area contributed by atoms with Gasteiger partial charge in [-0.1, -0.05) is 60.3 Å². The Morgan fingerprint density at radius 3 is 2.56 bits per heavy atom. The molecule has 0 saturated heterocycles. The van der Waals surface area contributed by atoms with Gasteiger partial charge in [0.1, 0.15) is 11.9 Å². The van der Waals surface area contributed by atoms with Crippen molar-refractivity contribution in [3.63, 3.8) is 0 Å². The maximum Gasteiger partial charge on any atom is 0.242 e. The molecule has 1 saturated carbocycles. The molecule has 1 fully saturated rings. The molecule has 0 bridgehead atoms. The fourth-order valence-corrected chi connectivity index (χ4v) is 4.97. The van der Waals surface area contributed by atoms with E-state index < -0.39 is 6.04 Å². The van der Waals surface area contributed by atoms with Crippen molar-refractivity contribution in [1.29, 1.82) is 0 Å². The lowest BCUT2D eigenvalue weighted by atomic mass is 10.1. The average Bonchev–Trinajstić information content (AvgIpc) is 3.28. The van der Waals surface area contributed by atoms with Crippen LogP contribution in [0.5, 0.6) is 0 Å². The first-order chi connectivity index (χ1) is 15.3. The van der Waals surface area contributed by atoms with Crippen molar-refractivity contribution in [2.45, 2.75) is 57.0 Å². The smallest absolute Gasteiger partial charge is 0.242 e. The van der Waals surface area contributed by atoms with E-state index in [9.17, 15) is 14.0 Å². The number of thioether (sulfide) groups is 1. The van der Waals surface area contributed by atoms with Crippen molar-refractivity contribution in [2.24, 2.45) is 0 Å². The molecule has 0 unspecified atom stereocenters. The number of nitrogens with zero attached hydrogens (tertiary/aromatic N) is 1. The molecular weight excluding hydrogens is 470 g/mol. The van der Waals surface area contributed by atoms with Crippen LogP contribution in [0.15, 0.2) is 42.5 Å². The summed E-state index contributed by atoms with van der Waals surface area (Å²) in [7, 11) is 0. The molecule has 2 aromatic rings. The van der Waals surface area contributed by atoms with Crippen LogP contribution >= 0.6 is 35.0 Å². The molecule has 3 rings (SSSR count). The van der Waals surface area contributed by atoms with Gasteiger partial charge in [0.05, 0.1) is 15.8 Å². The van der Waals surface area contributed by atoms with Gasteiger partial charge in [-0.25, -0.2) is 4.39 Å². The number of rotatable bonds is 9. The van der Waals surface area contributed by atoms with Gasteiger partial charge in [-0.2, -0.15) is 0 Å². The van der Waals surface area contributed by atoms with Crippen LogP contribution in [0.3, 0.4) is 0 Å². The van der Waals surface area contributed by atoms with E-state index in [1.165, 1.54) is 17.8 Å². The maximum absolute atomic E-state index is 13.9. The molecule has 0 heterocycles. The number of carbonyl (C=O) groups is 2. The Kier molecular flexibility index (Phi) is 9.26. The second-order valence-corrected chi connectivity index (χ2v) is 9.82. The summed E-state index contributed by atoms with van der Waals surface area (Å²) >= 11 is 13.5. The van der Waals surface area contributed by atoms with Crippen LogP contribution in [0.1, 0.15) is 43.7 Å². The van der Waals surface area contributed by atoms with Gasteiger partial charge in [-0.15, -0.1) is 11.8 Å². The van der Waals surface area contributed by atoms with Crippen LogP contribution in [0, 0.1) is 5.82 Å². The Bertz CT molecular complexity index is 953. The van der Waals surface area contributed by atoms with Crippen molar-refractivity contribution in [3.05, 3.63) is 69.5 Å². The molecule has 0 aromatic heterocycles. The third kappa shape index (κ3) is 6.87. The second kappa shape index (κ2) is 11.9. The lowest BCUT2D eigenvalue weighted by Crippen LogP contribution is -2.50. The third-order valence-electron chi connectivity index (χ3n) is 5.65. The Balaban J connectivity index is 1.69. The van der Waals surface area contributed by atoms with Crippen LogP contribution in [0.4, 0.5) is 4.39 Å². The van der Waals surface area contributed by atoms with Crippen molar-refractivity contribution in [1.82, 2.24) is 10.2 Å². The zero-order chi connectivity index (χ0) is 23.1. The SMILES string of the molecule is C[C@@H](C(=O)NC1CCCC1)N(Cc1ccc(Cl)c(Cl)c1)C(=O)CSCc1ccccc1F. The Labute approximate surface area is 202 Å². The summed E-state index contributed by atoms with van der Waals surface area (Å²) in [5.74, 6) is -0.126. The van der Waals surface area contributed by atoms with Gasteiger partial charge in [-0.3, -0.25) is 9.59 Å². The number of hydrogen-bond acceptors (Lipinski definition) is 3. The van der Waals surface area contributed by atoms with Gasteiger partial charge >= 0.3 is 0 Å². The zero-order valence-electron chi connectivity index (χ0n) is 18.0. The molecule has 172 valence electrons. The standard InChI is InChI=1S/C24H27Cl2FN2O2S/c1-16(24(31)28-19-7-3-4-8-19)29(13-17-10-11-20(25)21(26)12-17)23(30)15-32-14-18-6-2-5-9-22(18)27/h2,5-6,9-12,16,19H,3-4,7-8,13-15H2,1H3,(H,28,31)/t16-/m0/s1. The molecule has 0 radical (unpaired) electrons. The van der Waals surface area contributed by atoms with Crippen molar-refractivity contribution in [2.75, 3.05) is 5.75 Å². The molecule has 2 amide bonds. The highest BCUT2D eigenvalue weighted by Gasteiger charge is 2.28. The number of carbonyl (C=O) groups excluding carboxylic acids is 2. The van der Waals surface area contributed by atoms with Gasteiger partial charge in [0.25, 0.3) is 0 Å². The summed E-state index contributed by atoms with van der Waals surface area (Å²) in [6.45, 7) is 1.97. The molecule has 0 aliphatic heterocycles. The lowest BCUT2D eigenvalue weighted by Gasteiger charge is -2.30. The molecule has 1 N–H and O–H groups in total. The molecule has 2 aromatic carbocycles. The quantitative estimate of drug-likeness (QED) is 0.474. The van der Waals surface area contributed by atoms with E-state index in [0.717, 1.165) is 31.2 Å². The first-order valence-corrected chi connectivity index (χ1v) is 12.6. The zero-order valence-corrected chi connectivity index (χ0v) is 20.3. The Morgan fingerprint density at radius 1 is 1.16 bits per heavy atom. The van der Waals surface area contributed by atoms with Crippen LogP contribution in [0.2, 0.25) is 10.0 Å². The minimum atomic E-state index is -0.647. The summed E-state index contributed by atoms with van der Waals surface area (Å²) < 4.78 is 13.9. The third-order valence-corrected chi connectivity index (χ3v) is 7.35. The van der Waals surface area contributed by atoms with E-state index >= 15 is 0 Å². The van der Waals surface area contributed by atoms with Gasteiger partial charge in [0.2, 0.25) is 11.8 Å². The Hall–Kier alpha value is -1.76. The van der Waals surface area contributed by atoms with Crippen molar-refractivity contribution >= 4 is 46.8 Å². The molecule has 4 nitrogen and oxygen atoms in total. The normalized spacial score (nSPS) is 14.9. The van der Waals surface area contributed by atoms with Gasteiger partial charge in [-0.05, 0) is 49.1 Å². The van der Waals surface area contributed by atoms with Crippen LogP contribution < -0.4 is 5.32 Å². The van der Waals surface area contributed by atoms with Crippen LogP contribution in [-0.4, -0.2) is 34.6 Å². The van der Waals surface area contributed by atoms with Crippen LogP contribution in [0.25, 0.3) is 0 Å². The minimum absolute atomic E-state index is 0.136. The highest BCUT2D eigenvalue weighted by molar-refractivity contribution is 7.99. The Morgan fingerprint density at radius 2 is 1.88 bits per heavy atom. The highest BCUT2D eigenvalue weighted by atomic mass is 35.5. The first kappa shape index (κ1) is 24.9. The number of amides is 2. The van der Waals surface area contributed by atoms with Gasteiger partial charge in [0, 0.05) is 18.3 Å². The number of hydrogen-bond donors (Lipinski definition) is 1. The van der Waals surface area contributed by atoms with Crippen molar-refractivity contribution < 1.29 is 14.0 Å². The summed E-state index contributed by atoms with van der Waals surface area (Å²) in [6, 6.07) is 11.2. The summed E-state index contributed by atoms with van der Waals surface area (Å²) in [5.41, 5.74) is 1.33. The predicted molar refractivity (Wildman–Crippen MR) is 129 cm³/mol. The first-order valence-electron chi connectivity index (χ1n) is 10.7. The number of benzene rings is 2. The number of halogens is 3. The molecule has 0 spiro atoms. The fourth-order valence-electron chi connectivity index (χ4n) is 3.76. The van der Waals surface area contributed by atoms with E-state index in [1.807, 2.05) is 0 Å². The maximum atomic E-state index is 13.9. The summed E-state index contributed by atoms with van der Waals surface area (Å²) in [6.07, 6.45) is 4.16. The molecule has 32 heavy (non-hydrogen) atoms. The number of nitrogens with one attached hydrogen (secondary N) is 1. The molecule has 1 aliphatic rings. The highest BCUT2D eigenvalue weighted by Crippen LogP contribution is 2.25. The monoisotopic (exact) mass is 496 g/mol. The van der Waals surface area contributed by atoms with E-state index in [4.69, 9.17) is 23.2 Å². The van der Waals surface area contributed by atoms with E-state index in [-0.39, 0.29) is 36.0 Å². The fraction of sp³-hybridized carbons (Fsp3) is 0.417. The topological polar surface area (TPSA) is 49.4 Å². The lowest BCUT2D eigenvalue weighted by molar-refractivity contribution is -0.138. The molecular formula is C24H27Cl2FN2O2S. The van der Waals surface area contributed by atoms with Crippen molar-refractivity contribution in [3.8, 4) is 0 Å².